The number of alkyl halides is 1. The molecule has 1 heterocycles. The zero-order chi connectivity index (χ0) is 5.98. The summed E-state index contributed by atoms with van der Waals surface area (Å²) in [6.07, 6.45) is 0. The standard InChI is InChI=1S/C5H6BrNS/c1-4-5(2-6)7-3-8-4/h3H,2H2,1H3. The van der Waals surface area contributed by atoms with Crippen LogP contribution in [0.15, 0.2) is 5.51 Å². The first-order valence-electron chi connectivity index (χ1n) is 2.29. The van der Waals surface area contributed by atoms with Gasteiger partial charge >= 0.3 is 0 Å². The second-order valence-electron chi connectivity index (χ2n) is 1.49. The van der Waals surface area contributed by atoms with Crippen molar-refractivity contribution in [2.24, 2.45) is 0 Å². The van der Waals surface area contributed by atoms with Crippen molar-refractivity contribution in [3.8, 4) is 0 Å². The van der Waals surface area contributed by atoms with E-state index in [0.29, 0.717) is 0 Å². The lowest BCUT2D eigenvalue weighted by Gasteiger charge is -1.84. The fourth-order valence-electron chi connectivity index (χ4n) is 0.457. The Balaban J connectivity index is 2.92. The number of hydrogen-bond donors (Lipinski definition) is 0. The zero-order valence-corrected chi connectivity index (χ0v) is 6.92. The molecule has 0 aliphatic rings. The van der Waals surface area contributed by atoms with Gasteiger partial charge in [-0.1, -0.05) is 15.9 Å². The van der Waals surface area contributed by atoms with E-state index >= 15 is 0 Å². The Hall–Kier alpha value is 0.110. The summed E-state index contributed by atoms with van der Waals surface area (Å²) >= 11 is 5.02. The summed E-state index contributed by atoms with van der Waals surface area (Å²) in [6.45, 7) is 2.08. The van der Waals surface area contributed by atoms with Crippen LogP contribution in [0.1, 0.15) is 10.6 Å². The first kappa shape index (κ1) is 6.23. The normalized spacial score (nSPS) is 9.75. The van der Waals surface area contributed by atoms with Crippen LogP contribution in [0.25, 0.3) is 0 Å². The molecule has 1 aromatic heterocycles. The summed E-state index contributed by atoms with van der Waals surface area (Å²) in [5.41, 5.74) is 3.03. The molecular weight excluding hydrogens is 186 g/mol. The van der Waals surface area contributed by atoms with Gasteiger partial charge in [0, 0.05) is 10.2 Å². The Morgan fingerprint density at radius 2 is 2.62 bits per heavy atom. The van der Waals surface area contributed by atoms with Gasteiger partial charge in [-0.3, -0.25) is 0 Å². The molecule has 0 bridgehead atoms. The van der Waals surface area contributed by atoms with E-state index in [1.54, 1.807) is 11.3 Å². The maximum Gasteiger partial charge on any atom is 0.0797 e. The summed E-state index contributed by atoms with van der Waals surface area (Å²) in [5.74, 6) is 0. The Bertz CT molecular complexity index is 173. The van der Waals surface area contributed by atoms with E-state index in [2.05, 4.69) is 27.8 Å². The molecule has 0 amide bonds. The lowest BCUT2D eigenvalue weighted by atomic mass is 10.4. The van der Waals surface area contributed by atoms with Crippen molar-refractivity contribution in [3.63, 3.8) is 0 Å². The smallest absolute Gasteiger partial charge is 0.0797 e. The number of halogens is 1. The van der Waals surface area contributed by atoms with E-state index in [1.165, 1.54) is 4.88 Å². The second kappa shape index (κ2) is 2.60. The topological polar surface area (TPSA) is 12.9 Å². The van der Waals surface area contributed by atoms with Gasteiger partial charge < -0.3 is 0 Å². The maximum atomic E-state index is 4.11. The molecule has 0 aliphatic carbocycles. The number of hydrogen-bond acceptors (Lipinski definition) is 2. The number of nitrogens with zero attached hydrogens (tertiary/aromatic N) is 1. The monoisotopic (exact) mass is 191 g/mol. The average molecular weight is 192 g/mol. The van der Waals surface area contributed by atoms with Crippen LogP contribution in [0.3, 0.4) is 0 Å². The van der Waals surface area contributed by atoms with E-state index in [1.807, 2.05) is 5.51 Å². The molecule has 0 aliphatic heterocycles. The van der Waals surface area contributed by atoms with Crippen LogP contribution in [0, 0.1) is 6.92 Å². The van der Waals surface area contributed by atoms with E-state index < -0.39 is 0 Å². The van der Waals surface area contributed by atoms with E-state index in [-0.39, 0.29) is 0 Å². The number of aromatic nitrogens is 1. The highest BCUT2D eigenvalue weighted by molar-refractivity contribution is 9.08. The van der Waals surface area contributed by atoms with Crippen LogP contribution < -0.4 is 0 Å². The summed E-state index contributed by atoms with van der Waals surface area (Å²) in [4.78, 5) is 5.41. The molecule has 0 atom stereocenters. The predicted octanol–water partition coefficient (Wildman–Crippen LogP) is 2.35. The van der Waals surface area contributed by atoms with Crippen molar-refractivity contribution < 1.29 is 0 Å². The van der Waals surface area contributed by atoms with Gasteiger partial charge in [-0.15, -0.1) is 11.3 Å². The van der Waals surface area contributed by atoms with Gasteiger partial charge in [0.05, 0.1) is 11.2 Å². The van der Waals surface area contributed by atoms with Gasteiger partial charge in [-0.05, 0) is 6.92 Å². The van der Waals surface area contributed by atoms with Crippen LogP contribution in [0.4, 0.5) is 0 Å². The van der Waals surface area contributed by atoms with Crippen LogP contribution in [0.2, 0.25) is 0 Å². The molecule has 1 aromatic rings. The minimum Gasteiger partial charge on any atom is -0.249 e. The Labute approximate surface area is 60.9 Å². The van der Waals surface area contributed by atoms with Crippen LogP contribution >= 0.6 is 27.3 Å². The first-order valence-corrected chi connectivity index (χ1v) is 4.29. The van der Waals surface area contributed by atoms with Gasteiger partial charge in [-0.25, -0.2) is 4.98 Å². The van der Waals surface area contributed by atoms with Crippen molar-refractivity contribution in [1.82, 2.24) is 4.98 Å². The number of aryl methyl sites for hydroxylation is 1. The molecule has 0 saturated carbocycles. The van der Waals surface area contributed by atoms with E-state index in [4.69, 9.17) is 0 Å². The van der Waals surface area contributed by atoms with Crippen LogP contribution in [0.5, 0.6) is 0 Å². The van der Waals surface area contributed by atoms with Crippen molar-refractivity contribution in [2.75, 3.05) is 0 Å². The summed E-state index contributed by atoms with van der Waals surface area (Å²) in [5, 5.41) is 0.877. The highest BCUT2D eigenvalue weighted by atomic mass is 79.9. The number of thiazole rings is 1. The second-order valence-corrected chi connectivity index (χ2v) is 3.11. The molecule has 1 nitrogen and oxygen atoms in total. The molecule has 0 spiro atoms. The zero-order valence-electron chi connectivity index (χ0n) is 4.52. The predicted molar refractivity (Wildman–Crippen MR) is 39.5 cm³/mol. The van der Waals surface area contributed by atoms with Gasteiger partial charge in [0.2, 0.25) is 0 Å². The highest BCUT2D eigenvalue weighted by Gasteiger charge is 1.95. The van der Waals surface area contributed by atoms with Gasteiger partial charge in [0.15, 0.2) is 0 Å². The molecular formula is C5H6BrNS. The highest BCUT2D eigenvalue weighted by Crippen LogP contribution is 2.13. The summed E-state index contributed by atoms with van der Waals surface area (Å²) in [6, 6.07) is 0. The molecule has 0 fully saturated rings. The third-order valence-electron chi connectivity index (χ3n) is 0.971. The maximum absolute atomic E-state index is 4.11. The minimum atomic E-state index is 0.877. The van der Waals surface area contributed by atoms with Gasteiger partial charge in [0.1, 0.15) is 0 Å². The quantitative estimate of drug-likeness (QED) is 0.622. The summed E-state index contributed by atoms with van der Waals surface area (Å²) in [7, 11) is 0. The molecule has 1 rings (SSSR count). The molecule has 0 saturated heterocycles. The van der Waals surface area contributed by atoms with Gasteiger partial charge in [0.25, 0.3) is 0 Å². The lowest BCUT2D eigenvalue weighted by Crippen LogP contribution is -1.76. The van der Waals surface area contributed by atoms with Crippen molar-refractivity contribution in [3.05, 3.63) is 16.1 Å². The molecule has 3 heteroatoms. The van der Waals surface area contributed by atoms with Crippen molar-refractivity contribution >= 4 is 27.3 Å². The Kier molecular flexibility index (Phi) is 2.02. The fourth-order valence-corrected chi connectivity index (χ4v) is 1.81. The fraction of sp³-hybridized carbons (Fsp3) is 0.400. The minimum absolute atomic E-state index is 0.877. The average Bonchev–Trinajstić information content (AvgIpc) is 2.14. The first-order chi connectivity index (χ1) is 3.84. The molecule has 44 valence electrons. The number of rotatable bonds is 1. The molecule has 0 radical (unpaired) electrons. The molecule has 0 aromatic carbocycles. The van der Waals surface area contributed by atoms with E-state index in [0.717, 1.165) is 11.0 Å². The van der Waals surface area contributed by atoms with Crippen LogP contribution in [-0.2, 0) is 5.33 Å². The largest absolute Gasteiger partial charge is 0.249 e. The third kappa shape index (κ3) is 1.09. The molecule has 0 unspecified atom stereocenters. The Morgan fingerprint density at radius 3 is 2.88 bits per heavy atom. The Morgan fingerprint density at radius 1 is 1.88 bits per heavy atom. The summed E-state index contributed by atoms with van der Waals surface area (Å²) < 4.78 is 0. The van der Waals surface area contributed by atoms with Crippen LogP contribution in [-0.4, -0.2) is 4.98 Å². The molecule has 8 heavy (non-hydrogen) atoms. The van der Waals surface area contributed by atoms with Crippen molar-refractivity contribution in [1.29, 1.82) is 0 Å². The SMILES string of the molecule is Cc1scnc1CBr. The molecule has 0 N–H and O–H groups in total. The van der Waals surface area contributed by atoms with E-state index in [9.17, 15) is 0 Å². The van der Waals surface area contributed by atoms with Crippen molar-refractivity contribution in [2.45, 2.75) is 12.3 Å². The third-order valence-corrected chi connectivity index (χ3v) is 2.30. The lowest BCUT2D eigenvalue weighted by molar-refractivity contribution is 1.21. The van der Waals surface area contributed by atoms with Gasteiger partial charge in [-0.2, -0.15) is 0 Å².